The van der Waals surface area contributed by atoms with E-state index in [1.165, 1.54) is 11.1 Å². The third-order valence-corrected chi connectivity index (χ3v) is 4.92. The van der Waals surface area contributed by atoms with Gasteiger partial charge in [-0.15, -0.1) is 0 Å². The average Bonchev–Trinajstić information content (AvgIpc) is 2.70. The van der Waals surface area contributed by atoms with Crippen LogP contribution in [-0.2, 0) is 12.8 Å². The molecule has 4 rings (SSSR count). The fourth-order valence-electron chi connectivity index (χ4n) is 3.59. The summed E-state index contributed by atoms with van der Waals surface area (Å²) >= 11 is 0. The van der Waals surface area contributed by atoms with Crippen LogP contribution in [0.15, 0.2) is 78.9 Å². The standard InChI is InChI=1S/C23H23NO2/c25-22-12-7-13-23-20(22)15-19(16-26-23)24-21(18-10-5-2-6-11-18)14-17-8-3-1-4-9-17/h1-13,19,21,24-25H,14-16H2. The number of phenols is 1. The number of hydrogen-bond acceptors (Lipinski definition) is 3. The van der Waals surface area contributed by atoms with Gasteiger partial charge in [0.15, 0.2) is 0 Å². The molecule has 26 heavy (non-hydrogen) atoms. The van der Waals surface area contributed by atoms with Gasteiger partial charge in [0.2, 0.25) is 0 Å². The first-order valence-electron chi connectivity index (χ1n) is 9.08. The van der Waals surface area contributed by atoms with Crippen LogP contribution in [-0.4, -0.2) is 17.8 Å². The minimum absolute atomic E-state index is 0.157. The number of ether oxygens (including phenoxy) is 1. The molecular formula is C23H23NO2. The Bertz CT molecular complexity index is 849. The predicted octanol–water partition coefficient (Wildman–Crippen LogP) is 4.27. The monoisotopic (exact) mass is 345 g/mol. The lowest BCUT2D eigenvalue weighted by molar-refractivity contribution is 0.223. The van der Waals surface area contributed by atoms with E-state index in [9.17, 15) is 5.11 Å². The van der Waals surface area contributed by atoms with Crippen LogP contribution in [0.1, 0.15) is 22.7 Å². The van der Waals surface area contributed by atoms with E-state index in [1.54, 1.807) is 6.07 Å². The maximum atomic E-state index is 10.2. The highest BCUT2D eigenvalue weighted by Gasteiger charge is 2.25. The molecule has 2 N–H and O–H groups in total. The van der Waals surface area contributed by atoms with Crippen LogP contribution >= 0.6 is 0 Å². The van der Waals surface area contributed by atoms with Crippen LogP contribution < -0.4 is 10.1 Å². The molecule has 1 aliphatic rings. The molecule has 1 aliphatic heterocycles. The van der Waals surface area contributed by atoms with Crippen molar-refractivity contribution < 1.29 is 9.84 Å². The smallest absolute Gasteiger partial charge is 0.126 e. The summed E-state index contributed by atoms with van der Waals surface area (Å²) in [5, 5.41) is 13.9. The highest BCUT2D eigenvalue weighted by atomic mass is 16.5. The van der Waals surface area contributed by atoms with Crippen LogP contribution in [0.5, 0.6) is 11.5 Å². The summed E-state index contributed by atoms with van der Waals surface area (Å²) in [4.78, 5) is 0. The third kappa shape index (κ3) is 3.73. The Labute approximate surface area is 154 Å². The normalized spacial score (nSPS) is 17.2. The second-order valence-electron chi connectivity index (χ2n) is 6.79. The molecule has 3 aromatic carbocycles. The lowest BCUT2D eigenvalue weighted by atomic mass is 9.95. The van der Waals surface area contributed by atoms with Crippen molar-refractivity contribution >= 4 is 0 Å². The number of phenolic OH excluding ortho intramolecular Hbond substituents is 1. The Morgan fingerprint density at radius 3 is 2.42 bits per heavy atom. The molecule has 0 aromatic heterocycles. The summed E-state index contributed by atoms with van der Waals surface area (Å²) in [6, 6.07) is 26.9. The second-order valence-corrected chi connectivity index (χ2v) is 6.79. The minimum atomic E-state index is 0.157. The van der Waals surface area contributed by atoms with Crippen LogP contribution in [0, 0.1) is 0 Å². The van der Waals surface area contributed by atoms with Crippen LogP contribution in [0.3, 0.4) is 0 Å². The summed E-state index contributed by atoms with van der Waals surface area (Å²) in [6.45, 7) is 0.606. The molecule has 0 bridgehead atoms. The van der Waals surface area contributed by atoms with Gasteiger partial charge in [-0.2, -0.15) is 0 Å². The van der Waals surface area contributed by atoms with E-state index < -0.39 is 0 Å². The molecule has 0 saturated heterocycles. The van der Waals surface area contributed by atoms with Crippen molar-refractivity contribution in [2.75, 3.05) is 6.61 Å². The van der Waals surface area contributed by atoms with E-state index in [0.29, 0.717) is 12.4 Å². The number of benzene rings is 3. The number of nitrogens with one attached hydrogen (secondary N) is 1. The van der Waals surface area contributed by atoms with E-state index in [1.807, 2.05) is 24.3 Å². The minimum Gasteiger partial charge on any atom is -0.508 e. The maximum Gasteiger partial charge on any atom is 0.126 e. The van der Waals surface area contributed by atoms with E-state index >= 15 is 0 Å². The van der Waals surface area contributed by atoms with Gasteiger partial charge in [0, 0.05) is 17.6 Å². The van der Waals surface area contributed by atoms with Crippen molar-refractivity contribution in [1.82, 2.24) is 5.32 Å². The molecule has 132 valence electrons. The topological polar surface area (TPSA) is 41.5 Å². The summed E-state index contributed by atoms with van der Waals surface area (Å²) in [5.41, 5.74) is 3.45. The Hall–Kier alpha value is -2.78. The zero-order chi connectivity index (χ0) is 17.8. The van der Waals surface area contributed by atoms with Crippen LogP contribution in [0.25, 0.3) is 0 Å². The van der Waals surface area contributed by atoms with E-state index in [4.69, 9.17) is 4.74 Å². The summed E-state index contributed by atoms with van der Waals surface area (Å²) in [7, 11) is 0. The van der Waals surface area contributed by atoms with E-state index in [-0.39, 0.29) is 12.1 Å². The molecule has 0 radical (unpaired) electrons. The largest absolute Gasteiger partial charge is 0.508 e. The second kappa shape index (κ2) is 7.63. The van der Waals surface area contributed by atoms with Crippen molar-refractivity contribution in [3.8, 4) is 11.5 Å². The van der Waals surface area contributed by atoms with Gasteiger partial charge in [-0.1, -0.05) is 66.7 Å². The molecule has 3 heteroatoms. The summed E-state index contributed by atoms with van der Waals surface area (Å²) in [5.74, 6) is 1.11. The molecule has 2 atom stereocenters. The molecule has 0 saturated carbocycles. The van der Waals surface area contributed by atoms with Crippen LogP contribution in [0.4, 0.5) is 0 Å². The average molecular weight is 345 g/mol. The van der Waals surface area contributed by atoms with Gasteiger partial charge in [0.1, 0.15) is 18.1 Å². The molecule has 0 amide bonds. The van der Waals surface area contributed by atoms with Crippen molar-refractivity contribution in [1.29, 1.82) is 0 Å². The first-order valence-corrected chi connectivity index (χ1v) is 9.08. The maximum absolute atomic E-state index is 10.2. The van der Waals surface area contributed by atoms with E-state index in [0.717, 1.165) is 24.2 Å². The van der Waals surface area contributed by atoms with E-state index in [2.05, 4.69) is 53.8 Å². The molecule has 3 nitrogen and oxygen atoms in total. The first-order chi connectivity index (χ1) is 12.8. The number of aromatic hydroxyl groups is 1. The molecule has 0 spiro atoms. The fraction of sp³-hybridized carbons (Fsp3) is 0.217. The van der Waals surface area contributed by atoms with Gasteiger partial charge < -0.3 is 15.2 Å². The summed E-state index contributed by atoms with van der Waals surface area (Å²) in [6.07, 6.45) is 1.68. The van der Waals surface area contributed by atoms with Gasteiger partial charge in [0.25, 0.3) is 0 Å². The lowest BCUT2D eigenvalue weighted by Gasteiger charge is -2.31. The highest BCUT2D eigenvalue weighted by Crippen LogP contribution is 2.32. The molecule has 2 unspecified atom stereocenters. The number of fused-ring (bicyclic) bond motifs is 1. The van der Waals surface area contributed by atoms with Gasteiger partial charge >= 0.3 is 0 Å². The Kier molecular flexibility index (Phi) is 4.89. The predicted molar refractivity (Wildman–Crippen MR) is 104 cm³/mol. The molecule has 0 fully saturated rings. The Morgan fingerprint density at radius 1 is 0.923 bits per heavy atom. The molecule has 3 aromatic rings. The van der Waals surface area contributed by atoms with Crippen molar-refractivity contribution in [2.45, 2.75) is 24.9 Å². The van der Waals surface area contributed by atoms with Crippen molar-refractivity contribution in [2.24, 2.45) is 0 Å². The number of rotatable bonds is 5. The highest BCUT2D eigenvalue weighted by molar-refractivity contribution is 5.45. The quantitative estimate of drug-likeness (QED) is 0.726. The zero-order valence-corrected chi connectivity index (χ0v) is 14.6. The van der Waals surface area contributed by atoms with Gasteiger partial charge in [-0.05, 0) is 36.1 Å². The lowest BCUT2D eigenvalue weighted by Crippen LogP contribution is -2.42. The summed E-state index contributed by atoms with van der Waals surface area (Å²) < 4.78 is 5.88. The first kappa shape index (κ1) is 16.7. The van der Waals surface area contributed by atoms with Crippen molar-refractivity contribution in [3.63, 3.8) is 0 Å². The Balaban J connectivity index is 1.54. The van der Waals surface area contributed by atoms with Gasteiger partial charge in [-0.3, -0.25) is 0 Å². The molecular weight excluding hydrogens is 322 g/mol. The fourth-order valence-corrected chi connectivity index (χ4v) is 3.59. The third-order valence-electron chi connectivity index (χ3n) is 4.92. The van der Waals surface area contributed by atoms with Gasteiger partial charge in [0.05, 0.1) is 0 Å². The van der Waals surface area contributed by atoms with Crippen LogP contribution in [0.2, 0.25) is 0 Å². The Morgan fingerprint density at radius 2 is 1.65 bits per heavy atom. The zero-order valence-electron chi connectivity index (χ0n) is 14.6. The SMILES string of the molecule is Oc1cccc2c1CC(NC(Cc1ccccc1)c1ccccc1)CO2. The molecule has 1 heterocycles. The molecule has 0 aliphatic carbocycles. The van der Waals surface area contributed by atoms with Gasteiger partial charge in [-0.25, -0.2) is 0 Å². The van der Waals surface area contributed by atoms with Crippen molar-refractivity contribution in [3.05, 3.63) is 95.6 Å². The number of hydrogen-bond donors (Lipinski definition) is 2.